The predicted molar refractivity (Wildman–Crippen MR) is 106 cm³/mol. The molecule has 1 amide bonds. The first kappa shape index (κ1) is 18.9. The van der Waals surface area contributed by atoms with E-state index in [0.29, 0.717) is 18.1 Å². The number of nitrogens with zero attached hydrogens (tertiary/aromatic N) is 2. The van der Waals surface area contributed by atoms with Crippen molar-refractivity contribution in [2.45, 2.75) is 26.3 Å². The average Bonchev–Trinajstić information content (AvgIpc) is 3.15. The van der Waals surface area contributed by atoms with Crippen LogP contribution in [0.3, 0.4) is 0 Å². The molecule has 1 aromatic carbocycles. The minimum absolute atomic E-state index is 0.0293. The fourth-order valence-electron chi connectivity index (χ4n) is 3.05. The topological polar surface area (TPSA) is 42.0 Å². The van der Waals surface area contributed by atoms with Crippen molar-refractivity contribution in [2.24, 2.45) is 0 Å². The van der Waals surface area contributed by atoms with Gasteiger partial charge in [-0.3, -0.25) is 9.63 Å². The fraction of sp³-hybridized carbons (Fsp3) is 0.450. The molecule has 5 nitrogen and oxygen atoms in total. The Labute approximate surface area is 159 Å². The van der Waals surface area contributed by atoms with Crippen LogP contribution in [0, 0.1) is 0 Å². The van der Waals surface area contributed by atoms with Crippen molar-refractivity contribution in [1.29, 1.82) is 0 Å². The van der Waals surface area contributed by atoms with E-state index in [2.05, 4.69) is 17.0 Å². The summed E-state index contributed by atoms with van der Waals surface area (Å²) in [5.74, 6) is -0.0801. The van der Waals surface area contributed by atoms with Crippen LogP contribution in [0.15, 0.2) is 36.4 Å². The van der Waals surface area contributed by atoms with E-state index in [4.69, 9.17) is 9.57 Å². The van der Waals surface area contributed by atoms with Crippen LogP contribution in [0.5, 0.6) is 0 Å². The molecule has 3 rings (SSSR count). The molecule has 140 valence electrons. The van der Waals surface area contributed by atoms with Crippen LogP contribution in [0.4, 0.5) is 5.00 Å². The zero-order chi connectivity index (χ0) is 18.5. The van der Waals surface area contributed by atoms with Crippen LogP contribution in [-0.2, 0) is 9.57 Å². The minimum Gasteiger partial charge on any atom is -0.378 e. The number of hydroxylamine groups is 2. The van der Waals surface area contributed by atoms with Crippen LogP contribution in [0.1, 0.15) is 29.9 Å². The van der Waals surface area contributed by atoms with Gasteiger partial charge in [0.05, 0.1) is 36.2 Å². The van der Waals surface area contributed by atoms with E-state index in [0.717, 1.165) is 35.6 Å². The van der Waals surface area contributed by atoms with Crippen molar-refractivity contribution in [3.05, 3.63) is 41.3 Å². The van der Waals surface area contributed by atoms with E-state index in [1.165, 1.54) is 16.4 Å². The highest BCUT2D eigenvalue weighted by atomic mass is 32.1. The zero-order valence-corrected chi connectivity index (χ0v) is 16.4. The smallest absolute Gasteiger partial charge is 0.287 e. The van der Waals surface area contributed by atoms with Crippen LogP contribution in [0.25, 0.3) is 11.1 Å². The second-order valence-electron chi connectivity index (χ2n) is 6.37. The molecule has 1 aliphatic rings. The molecule has 0 N–H and O–H groups in total. The summed E-state index contributed by atoms with van der Waals surface area (Å²) in [5, 5.41) is 2.60. The van der Waals surface area contributed by atoms with Crippen LogP contribution in [0.2, 0.25) is 0 Å². The van der Waals surface area contributed by atoms with Crippen molar-refractivity contribution in [3.63, 3.8) is 0 Å². The molecular formula is C20H26N2O3S. The summed E-state index contributed by atoms with van der Waals surface area (Å²) in [7, 11) is 1.55. The lowest BCUT2D eigenvalue weighted by atomic mass is 10.1. The number of carbonyl (C=O) groups excluding carboxylic acids is 1. The second kappa shape index (κ2) is 8.66. The minimum atomic E-state index is -0.0801. The number of anilines is 1. The maximum atomic E-state index is 13.0. The quantitative estimate of drug-likeness (QED) is 0.715. The lowest BCUT2D eigenvalue weighted by molar-refractivity contribution is -0.119. The molecule has 0 spiro atoms. The molecule has 0 saturated carbocycles. The van der Waals surface area contributed by atoms with Crippen molar-refractivity contribution in [2.75, 3.05) is 38.3 Å². The van der Waals surface area contributed by atoms with Crippen LogP contribution in [-0.4, -0.2) is 50.4 Å². The summed E-state index contributed by atoms with van der Waals surface area (Å²) in [6.07, 6.45) is 0.840. The maximum Gasteiger partial charge on any atom is 0.287 e. The Morgan fingerprint density at radius 3 is 2.62 bits per heavy atom. The molecule has 1 aliphatic heterocycles. The van der Waals surface area contributed by atoms with Crippen molar-refractivity contribution in [3.8, 4) is 11.1 Å². The summed E-state index contributed by atoms with van der Waals surface area (Å²) in [6.45, 7) is 7.16. The third kappa shape index (κ3) is 3.92. The second-order valence-corrected chi connectivity index (χ2v) is 7.40. The maximum absolute atomic E-state index is 13.0. The molecule has 0 aliphatic carbocycles. The van der Waals surface area contributed by atoms with Gasteiger partial charge in [0.15, 0.2) is 0 Å². The molecule has 6 heteroatoms. The highest BCUT2D eigenvalue weighted by Gasteiger charge is 2.26. The first-order chi connectivity index (χ1) is 12.7. The number of hydrogen-bond acceptors (Lipinski definition) is 5. The molecule has 1 fully saturated rings. The van der Waals surface area contributed by atoms with Gasteiger partial charge in [-0.05, 0) is 25.0 Å². The standard InChI is InChI=1S/C20H26N2O3S/c1-4-15(2)22(24-3)19(23)18-14-17(16-8-6-5-7-9-16)20(26-18)21-10-12-25-13-11-21/h5-9,14-15H,4,10-13H2,1-3H3. The first-order valence-corrected chi connectivity index (χ1v) is 9.87. The molecule has 2 aromatic rings. The summed E-state index contributed by atoms with van der Waals surface area (Å²) in [5.41, 5.74) is 2.22. The number of rotatable bonds is 6. The van der Waals surface area contributed by atoms with Gasteiger partial charge in [0.1, 0.15) is 0 Å². The Hall–Kier alpha value is -1.89. The molecule has 2 heterocycles. The molecule has 1 atom stereocenters. The summed E-state index contributed by atoms with van der Waals surface area (Å²) >= 11 is 1.54. The van der Waals surface area contributed by atoms with Crippen molar-refractivity contribution >= 4 is 22.2 Å². The Morgan fingerprint density at radius 2 is 2.00 bits per heavy atom. The highest BCUT2D eigenvalue weighted by Crippen LogP contribution is 2.40. The third-order valence-electron chi connectivity index (χ3n) is 4.69. The molecule has 0 radical (unpaired) electrons. The Morgan fingerprint density at radius 1 is 1.31 bits per heavy atom. The van der Waals surface area contributed by atoms with Gasteiger partial charge >= 0.3 is 0 Å². The Bertz CT molecular complexity index is 726. The van der Waals surface area contributed by atoms with Gasteiger partial charge in [0.25, 0.3) is 5.91 Å². The van der Waals surface area contributed by atoms with Gasteiger partial charge in [-0.25, -0.2) is 5.06 Å². The molecule has 26 heavy (non-hydrogen) atoms. The lowest BCUT2D eigenvalue weighted by Crippen LogP contribution is -2.37. The van der Waals surface area contributed by atoms with Gasteiger partial charge in [0, 0.05) is 18.7 Å². The van der Waals surface area contributed by atoms with Crippen LogP contribution < -0.4 is 4.90 Å². The van der Waals surface area contributed by atoms with E-state index in [1.54, 1.807) is 7.11 Å². The average molecular weight is 375 g/mol. The predicted octanol–water partition coefficient (Wildman–Crippen LogP) is 4.05. The van der Waals surface area contributed by atoms with Crippen molar-refractivity contribution in [1.82, 2.24) is 5.06 Å². The monoisotopic (exact) mass is 374 g/mol. The number of morpholine rings is 1. The number of benzene rings is 1. The van der Waals surface area contributed by atoms with E-state index >= 15 is 0 Å². The number of carbonyl (C=O) groups is 1. The van der Waals surface area contributed by atoms with Crippen LogP contribution >= 0.6 is 11.3 Å². The largest absolute Gasteiger partial charge is 0.378 e. The molecule has 0 bridgehead atoms. The third-order valence-corrected chi connectivity index (χ3v) is 5.88. The molecular weight excluding hydrogens is 348 g/mol. The normalized spacial score (nSPS) is 15.7. The van der Waals surface area contributed by atoms with E-state index < -0.39 is 0 Å². The SMILES string of the molecule is CCC(C)N(OC)C(=O)c1cc(-c2ccccc2)c(N2CCOCC2)s1. The summed E-state index contributed by atoms with van der Waals surface area (Å²) < 4.78 is 5.49. The van der Waals surface area contributed by atoms with Gasteiger partial charge in [-0.15, -0.1) is 11.3 Å². The van der Waals surface area contributed by atoms with E-state index in [1.807, 2.05) is 38.1 Å². The molecule has 1 saturated heterocycles. The Balaban J connectivity index is 1.99. The van der Waals surface area contributed by atoms with Gasteiger partial charge < -0.3 is 9.64 Å². The van der Waals surface area contributed by atoms with Crippen molar-refractivity contribution < 1.29 is 14.4 Å². The number of ether oxygens (including phenoxy) is 1. The lowest BCUT2D eigenvalue weighted by Gasteiger charge is -2.28. The number of amides is 1. The number of hydrogen-bond donors (Lipinski definition) is 0. The molecule has 1 aromatic heterocycles. The van der Waals surface area contributed by atoms with Gasteiger partial charge in [0.2, 0.25) is 0 Å². The Kier molecular flexibility index (Phi) is 6.29. The number of thiophene rings is 1. The van der Waals surface area contributed by atoms with E-state index in [9.17, 15) is 4.79 Å². The highest BCUT2D eigenvalue weighted by molar-refractivity contribution is 7.18. The van der Waals surface area contributed by atoms with Gasteiger partial charge in [-0.2, -0.15) is 0 Å². The summed E-state index contributed by atoms with van der Waals surface area (Å²) in [4.78, 5) is 21.4. The van der Waals surface area contributed by atoms with E-state index in [-0.39, 0.29) is 11.9 Å². The summed E-state index contributed by atoms with van der Waals surface area (Å²) in [6, 6.07) is 12.3. The first-order valence-electron chi connectivity index (χ1n) is 9.05. The van der Waals surface area contributed by atoms with Gasteiger partial charge in [-0.1, -0.05) is 37.3 Å². The molecule has 1 unspecified atom stereocenters. The zero-order valence-electron chi connectivity index (χ0n) is 15.6. The fourth-order valence-corrected chi connectivity index (χ4v) is 4.21.